The molecule has 0 radical (unpaired) electrons. The summed E-state index contributed by atoms with van der Waals surface area (Å²) in [4.78, 5) is 27.4. The number of fused-ring (bicyclic) bond motifs is 1. The maximum absolute atomic E-state index is 12.8. The summed E-state index contributed by atoms with van der Waals surface area (Å²) >= 11 is 6.34. The van der Waals surface area contributed by atoms with Crippen LogP contribution in [0.25, 0.3) is 0 Å². The van der Waals surface area contributed by atoms with Crippen LogP contribution in [0.1, 0.15) is 31.0 Å². The summed E-state index contributed by atoms with van der Waals surface area (Å²) in [5, 5.41) is 0.217. The summed E-state index contributed by atoms with van der Waals surface area (Å²) in [7, 11) is 3.11. The molecule has 9 heteroatoms. The van der Waals surface area contributed by atoms with Gasteiger partial charge >= 0.3 is 0 Å². The van der Waals surface area contributed by atoms with Gasteiger partial charge in [0.2, 0.25) is 5.95 Å². The average Bonchev–Trinajstić information content (AvgIpc) is 2.62. The van der Waals surface area contributed by atoms with Gasteiger partial charge in [-0.15, -0.1) is 0 Å². The van der Waals surface area contributed by atoms with E-state index in [1.54, 1.807) is 26.5 Å². The Morgan fingerprint density at radius 1 is 1.30 bits per heavy atom. The number of methoxy groups -OCH3 is 2. The van der Waals surface area contributed by atoms with Crippen molar-refractivity contribution >= 4 is 29.2 Å². The molecule has 0 aromatic carbocycles. The van der Waals surface area contributed by atoms with E-state index in [4.69, 9.17) is 26.8 Å². The minimum absolute atomic E-state index is 0.0632. The summed E-state index contributed by atoms with van der Waals surface area (Å²) in [6.07, 6.45) is 1.58. The molecule has 3 heterocycles. The lowest BCUT2D eigenvalue weighted by molar-refractivity contribution is -0.120. The number of pyridine rings is 1. The van der Waals surface area contributed by atoms with E-state index in [9.17, 15) is 4.79 Å². The molecule has 2 aromatic rings. The molecule has 2 aromatic heterocycles. The zero-order valence-electron chi connectivity index (χ0n) is 15.7. The molecule has 3 rings (SSSR count). The van der Waals surface area contributed by atoms with Crippen molar-refractivity contribution in [2.75, 3.05) is 31.4 Å². The van der Waals surface area contributed by atoms with Crippen molar-refractivity contribution in [3.05, 3.63) is 28.7 Å². The van der Waals surface area contributed by atoms with Gasteiger partial charge in [0, 0.05) is 11.6 Å². The van der Waals surface area contributed by atoms with Crippen molar-refractivity contribution in [2.45, 2.75) is 26.3 Å². The third-order valence-corrected chi connectivity index (χ3v) is 4.84. The Bertz CT molecular complexity index is 874. The smallest absolute Gasteiger partial charge is 0.223 e. The number of ether oxygens (including phenoxy) is 2. The Balaban J connectivity index is 2.02. The topological polar surface area (TPSA) is 103 Å². The van der Waals surface area contributed by atoms with Crippen molar-refractivity contribution < 1.29 is 14.3 Å². The number of anilines is 2. The Hall–Kier alpha value is -2.61. The van der Waals surface area contributed by atoms with Crippen LogP contribution in [-0.4, -0.2) is 41.5 Å². The number of nitrogen functional groups attached to an aromatic ring is 1. The summed E-state index contributed by atoms with van der Waals surface area (Å²) in [5.74, 6) is 1.51. The van der Waals surface area contributed by atoms with Crippen molar-refractivity contribution in [3.63, 3.8) is 0 Å². The number of halogens is 1. The van der Waals surface area contributed by atoms with E-state index in [1.807, 2.05) is 18.7 Å². The second-order valence-corrected chi connectivity index (χ2v) is 7.04. The number of Topliss-reactive ketones (excluding diaryl/α,β-unsaturated/α-hetero) is 1. The van der Waals surface area contributed by atoms with Gasteiger partial charge in [-0.1, -0.05) is 25.4 Å². The number of aromatic nitrogens is 3. The largest absolute Gasteiger partial charge is 0.493 e. The number of nitrogens with two attached hydrogens (primary N) is 1. The monoisotopic (exact) mass is 391 g/mol. The Morgan fingerprint density at radius 2 is 2.00 bits per heavy atom. The van der Waals surface area contributed by atoms with Crippen molar-refractivity contribution in [3.8, 4) is 11.5 Å². The van der Waals surface area contributed by atoms with Crippen LogP contribution in [0.2, 0.25) is 5.15 Å². The normalized spacial score (nSPS) is 16.4. The molecule has 144 valence electrons. The van der Waals surface area contributed by atoms with E-state index in [2.05, 4.69) is 15.0 Å². The van der Waals surface area contributed by atoms with E-state index in [0.29, 0.717) is 35.1 Å². The number of nitrogens with zero attached hydrogens (tertiary/aromatic N) is 4. The van der Waals surface area contributed by atoms with Crippen molar-refractivity contribution in [2.24, 2.45) is 5.92 Å². The SMILES string of the molecule is COc1cnc(CN2CC(=O)C(C(C)C)c3c(Cl)nc(N)nc32)cc1OC. The summed E-state index contributed by atoms with van der Waals surface area (Å²) < 4.78 is 10.5. The molecule has 0 aliphatic carbocycles. The fourth-order valence-corrected chi connectivity index (χ4v) is 3.66. The molecule has 0 saturated carbocycles. The molecule has 8 nitrogen and oxygen atoms in total. The number of hydrogen-bond acceptors (Lipinski definition) is 8. The number of rotatable bonds is 5. The van der Waals surface area contributed by atoms with Crippen LogP contribution in [0.5, 0.6) is 11.5 Å². The maximum atomic E-state index is 12.8. The fourth-order valence-electron chi connectivity index (χ4n) is 3.37. The Morgan fingerprint density at radius 3 is 2.63 bits per heavy atom. The van der Waals surface area contributed by atoms with Gasteiger partial charge in [-0.2, -0.15) is 4.98 Å². The molecule has 0 spiro atoms. The van der Waals surface area contributed by atoms with E-state index in [-0.39, 0.29) is 35.3 Å². The van der Waals surface area contributed by atoms with Gasteiger partial charge in [-0.25, -0.2) is 4.98 Å². The lowest BCUT2D eigenvalue weighted by atomic mass is 9.83. The second-order valence-electron chi connectivity index (χ2n) is 6.68. The molecule has 0 saturated heterocycles. The van der Waals surface area contributed by atoms with Gasteiger partial charge in [0.1, 0.15) is 11.0 Å². The van der Waals surface area contributed by atoms with Crippen LogP contribution in [0.15, 0.2) is 12.3 Å². The van der Waals surface area contributed by atoms with Gasteiger partial charge in [0.15, 0.2) is 17.3 Å². The molecule has 1 unspecified atom stereocenters. The first-order valence-electron chi connectivity index (χ1n) is 8.53. The van der Waals surface area contributed by atoms with Crippen LogP contribution in [0.3, 0.4) is 0 Å². The molecular formula is C18H22ClN5O3. The van der Waals surface area contributed by atoms with Gasteiger partial charge in [-0.05, 0) is 5.92 Å². The molecule has 1 aliphatic heterocycles. The first kappa shape index (κ1) is 19.2. The second kappa shape index (κ2) is 7.56. The van der Waals surface area contributed by atoms with E-state index >= 15 is 0 Å². The summed E-state index contributed by atoms with van der Waals surface area (Å²) in [5.41, 5.74) is 7.13. The summed E-state index contributed by atoms with van der Waals surface area (Å²) in [6, 6.07) is 1.77. The van der Waals surface area contributed by atoms with Gasteiger partial charge in [0.05, 0.1) is 45.1 Å². The molecular weight excluding hydrogens is 370 g/mol. The van der Waals surface area contributed by atoms with Crippen LogP contribution >= 0.6 is 11.6 Å². The molecule has 0 bridgehead atoms. The molecule has 2 N–H and O–H groups in total. The molecule has 0 amide bonds. The minimum atomic E-state index is -0.359. The first-order chi connectivity index (χ1) is 12.8. The quantitative estimate of drug-likeness (QED) is 0.775. The van der Waals surface area contributed by atoms with Crippen LogP contribution in [0.4, 0.5) is 11.8 Å². The third-order valence-electron chi connectivity index (χ3n) is 4.55. The van der Waals surface area contributed by atoms with E-state index < -0.39 is 0 Å². The highest BCUT2D eigenvalue weighted by molar-refractivity contribution is 6.31. The molecule has 1 atom stereocenters. The molecule has 27 heavy (non-hydrogen) atoms. The highest BCUT2D eigenvalue weighted by Crippen LogP contribution is 2.41. The van der Waals surface area contributed by atoms with Crippen molar-refractivity contribution in [1.29, 1.82) is 0 Å². The van der Waals surface area contributed by atoms with Crippen LogP contribution in [-0.2, 0) is 11.3 Å². The standard InChI is InChI=1S/C18H22ClN5O3/c1-9(2)14-11(25)8-24(17-15(14)16(19)22-18(20)23-17)7-10-5-12(26-3)13(27-4)6-21-10/h5-6,9,14H,7-8H2,1-4H3,(H2,20,22,23). The van der Waals surface area contributed by atoms with E-state index in [1.165, 1.54) is 0 Å². The van der Waals surface area contributed by atoms with Gasteiger partial charge < -0.3 is 20.1 Å². The number of carbonyl (C=O) groups excluding carboxylic acids is 1. The predicted octanol–water partition coefficient (Wildman–Crippen LogP) is 2.45. The third kappa shape index (κ3) is 3.62. The zero-order valence-corrected chi connectivity index (χ0v) is 16.4. The highest BCUT2D eigenvalue weighted by atomic mass is 35.5. The molecule has 1 aliphatic rings. The average molecular weight is 392 g/mol. The van der Waals surface area contributed by atoms with Crippen LogP contribution in [0, 0.1) is 5.92 Å². The first-order valence-corrected chi connectivity index (χ1v) is 8.91. The highest BCUT2D eigenvalue weighted by Gasteiger charge is 2.37. The van der Waals surface area contributed by atoms with Gasteiger partial charge in [0.25, 0.3) is 0 Å². The lowest BCUT2D eigenvalue weighted by Crippen LogP contribution is -2.40. The Labute approximate surface area is 162 Å². The minimum Gasteiger partial charge on any atom is -0.493 e. The number of ketones is 1. The fraction of sp³-hybridized carbons (Fsp3) is 0.444. The van der Waals surface area contributed by atoms with Crippen molar-refractivity contribution in [1.82, 2.24) is 15.0 Å². The maximum Gasteiger partial charge on any atom is 0.223 e. The van der Waals surface area contributed by atoms with Crippen LogP contribution < -0.4 is 20.1 Å². The lowest BCUT2D eigenvalue weighted by Gasteiger charge is -2.35. The summed E-state index contributed by atoms with van der Waals surface area (Å²) in [6.45, 7) is 4.49. The predicted molar refractivity (Wildman–Crippen MR) is 102 cm³/mol. The van der Waals surface area contributed by atoms with Gasteiger partial charge in [-0.3, -0.25) is 9.78 Å². The number of hydrogen-bond donors (Lipinski definition) is 1. The number of carbonyl (C=O) groups is 1. The Kier molecular flexibility index (Phi) is 5.36. The van der Waals surface area contributed by atoms with E-state index in [0.717, 1.165) is 0 Å². The molecule has 0 fully saturated rings. The zero-order chi connectivity index (χ0) is 19.7.